The van der Waals surface area contributed by atoms with E-state index in [0.29, 0.717) is 0 Å². The summed E-state index contributed by atoms with van der Waals surface area (Å²) >= 11 is 0. The number of aryl methyl sites for hydroxylation is 1. The van der Waals surface area contributed by atoms with E-state index in [0.717, 1.165) is 12.5 Å². The Labute approximate surface area is 110 Å². The minimum atomic E-state index is 0.831. The van der Waals surface area contributed by atoms with Crippen molar-refractivity contribution < 1.29 is 0 Å². The summed E-state index contributed by atoms with van der Waals surface area (Å²) in [6.45, 7) is 7.15. The molecule has 1 unspecified atom stereocenters. The molecule has 2 aliphatic heterocycles. The molecule has 0 aliphatic carbocycles. The van der Waals surface area contributed by atoms with Crippen molar-refractivity contribution in [3.63, 3.8) is 0 Å². The Kier molecular flexibility index (Phi) is 3.69. The van der Waals surface area contributed by atoms with Crippen molar-refractivity contribution in [2.45, 2.75) is 58.5 Å². The average Bonchev–Trinajstić information content (AvgIpc) is 2.60. The molecule has 2 aliphatic rings. The molecule has 0 radical (unpaired) electrons. The lowest BCUT2D eigenvalue weighted by molar-refractivity contribution is 0.271. The number of nitrogens with zero attached hydrogens (tertiary/aromatic N) is 3. The zero-order chi connectivity index (χ0) is 12.4. The molecule has 0 amide bonds. The molecular weight excluding hydrogens is 222 g/mol. The van der Waals surface area contributed by atoms with Gasteiger partial charge in [-0.05, 0) is 44.7 Å². The van der Waals surface area contributed by atoms with Crippen LogP contribution in [0, 0.1) is 5.92 Å². The third kappa shape index (κ3) is 2.61. The second kappa shape index (κ2) is 5.43. The van der Waals surface area contributed by atoms with Crippen molar-refractivity contribution in [1.82, 2.24) is 14.5 Å². The lowest BCUT2D eigenvalue weighted by Gasteiger charge is -2.23. The predicted octanol–water partition coefficient (Wildman–Crippen LogP) is 2.84. The monoisotopic (exact) mass is 247 g/mol. The second-order valence-electron chi connectivity index (χ2n) is 6.12. The van der Waals surface area contributed by atoms with Gasteiger partial charge in [0.1, 0.15) is 0 Å². The SMILES string of the molecule is CC1CCn2cnc(CN3CCCCCC3)c2C1. The Morgan fingerprint density at radius 3 is 2.72 bits per heavy atom. The van der Waals surface area contributed by atoms with Gasteiger partial charge >= 0.3 is 0 Å². The molecule has 3 heterocycles. The van der Waals surface area contributed by atoms with E-state index in [-0.39, 0.29) is 0 Å². The summed E-state index contributed by atoms with van der Waals surface area (Å²) in [7, 11) is 0. The van der Waals surface area contributed by atoms with Crippen molar-refractivity contribution >= 4 is 0 Å². The van der Waals surface area contributed by atoms with Gasteiger partial charge in [-0.1, -0.05) is 19.8 Å². The molecule has 100 valence electrons. The van der Waals surface area contributed by atoms with Crippen LogP contribution in [0.2, 0.25) is 0 Å². The molecule has 3 heteroatoms. The Balaban J connectivity index is 1.70. The van der Waals surface area contributed by atoms with Crippen LogP contribution in [0.15, 0.2) is 6.33 Å². The van der Waals surface area contributed by atoms with E-state index in [2.05, 4.69) is 27.7 Å². The number of imidazole rings is 1. The maximum absolute atomic E-state index is 4.68. The molecule has 3 rings (SSSR count). The van der Waals surface area contributed by atoms with E-state index >= 15 is 0 Å². The third-order valence-electron chi connectivity index (χ3n) is 4.51. The fraction of sp³-hybridized carbons (Fsp3) is 0.800. The van der Waals surface area contributed by atoms with Gasteiger partial charge in [0.05, 0.1) is 12.0 Å². The number of fused-ring (bicyclic) bond motifs is 1. The first kappa shape index (κ1) is 12.2. The maximum Gasteiger partial charge on any atom is 0.0952 e. The second-order valence-corrected chi connectivity index (χ2v) is 6.12. The fourth-order valence-electron chi connectivity index (χ4n) is 3.31. The van der Waals surface area contributed by atoms with Crippen LogP contribution in [0.1, 0.15) is 50.4 Å². The van der Waals surface area contributed by atoms with Crippen molar-refractivity contribution in [2.24, 2.45) is 5.92 Å². The summed E-state index contributed by atoms with van der Waals surface area (Å²) in [5.74, 6) is 0.831. The first-order valence-corrected chi connectivity index (χ1v) is 7.58. The Bertz CT molecular complexity index is 388. The Hall–Kier alpha value is -0.830. The van der Waals surface area contributed by atoms with Crippen LogP contribution in [0.3, 0.4) is 0 Å². The molecule has 0 saturated carbocycles. The number of rotatable bonds is 2. The molecular formula is C15H25N3. The van der Waals surface area contributed by atoms with Crippen LogP contribution in [0.25, 0.3) is 0 Å². The first-order chi connectivity index (χ1) is 8.83. The van der Waals surface area contributed by atoms with E-state index in [1.54, 1.807) is 0 Å². The minimum Gasteiger partial charge on any atom is -0.334 e. The van der Waals surface area contributed by atoms with Gasteiger partial charge in [0.25, 0.3) is 0 Å². The Morgan fingerprint density at radius 1 is 1.17 bits per heavy atom. The highest BCUT2D eigenvalue weighted by molar-refractivity contribution is 5.15. The van der Waals surface area contributed by atoms with Gasteiger partial charge in [0.15, 0.2) is 0 Å². The lowest BCUT2D eigenvalue weighted by Crippen LogP contribution is -2.26. The molecule has 3 nitrogen and oxygen atoms in total. The van der Waals surface area contributed by atoms with E-state index in [9.17, 15) is 0 Å². The fourth-order valence-corrected chi connectivity index (χ4v) is 3.31. The smallest absolute Gasteiger partial charge is 0.0952 e. The average molecular weight is 247 g/mol. The molecule has 0 aromatic carbocycles. The zero-order valence-corrected chi connectivity index (χ0v) is 11.6. The zero-order valence-electron chi connectivity index (χ0n) is 11.6. The normalized spacial score (nSPS) is 25.7. The molecule has 0 N–H and O–H groups in total. The van der Waals surface area contributed by atoms with Crippen LogP contribution in [-0.4, -0.2) is 27.5 Å². The van der Waals surface area contributed by atoms with Gasteiger partial charge in [-0.25, -0.2) is 4.98 Å². The minimum absolute atomic E-state index is 0.831. The summed E-state index contributed by atoms with van der Waals surface area (Å²) in [6.07, 6.45) is 10.2. The van der Waals surface area contributed by atoms with Crippen molar-refractivity contribution in [1.29, 1.82) is 0 Å². The molecule has 18 heavy (non-hydrogen) atoms. The van der Waals surface area contributed by atoms with Crippen molar-refractivity contribution in [2.75, 3.05) is 13.1 Å². The predicted molar refractivity (Wildman–Crippen MR) is 73.5 cm³/mol. The molecule has 1 atom stereocenters. The molecule has 1 aromatic rings. The van der Waals surface area contributed by atoms with Gasteiger partial charge < -0.3 is 4.57 Å². The number of likely N-dealkylation sites (tertiary alicyclic amines) is 1. The summed E-state index contributed by atoms with van der Waals surface area (Å²) in [6, 6.07) is 0. The number of hydrogen-bond acceptors (Lipinski definition) is 2. The maximum atomic E-state index is 4.68. The summed E-state index contributed by atoms with van der Waals surface area (Å²) < 4.78 is 2.38. The van der Waals surface area contributed by atoms with E-state index < -0.39 is 0 Å². The van der Waals surface area contributed by atoms with Gasteiger partial charge in [-0.15, -0.1) is 0 Å². The summed E-state index contributed by atoms with van der Waals surface area (Å²) in [4.78, 5) is 7.28. The molecule has 1 saturated heterocycles. The standard InChI is InChI=1S/C15H25N3/c1-13-6-9-18-12-16-14(15(18)10-13)11-17-7-4-2-3-5-8-17/h12-13H,2-11H2,1H3. The van der Waals surface area contributed by atoms with E-state index in [1.807, 2.05) is 0 Å². The van der Waals surface area contributed by atoms with Crippen LogP contribution in [0.4, 0.5) is 0 Å². The topological polar surface area (TPSA) is 21.1 Å². The Morgan fingerprint density at radius 2 is 1.94 bits per heavy atom. The van der Waals surface area contributed by atoms with Gasteiger partial charge in [0, 0.05) is 18.8 Å². The highest BCUT2D eigenvalue weighted by Crippen LogP contribution is 2.23. The van der Waals surface area contributed by atoms with E-state index in [4.69, 9.17) is 0 Å². The van der Waals surface area contributed by atoms with Gasteiger partial charge in [0.2, 0.25) is 0 Å². The lowest BCUT2D eigenvalue weighted by atomic mass is 9.97. The third-order valence-corrected chi connectivity index (χ3v) is 4.51. The largest absolute Gasteiger partial charge is 0.334 e. The van der Waals surface area contributed by atoms with Crippen molar-refractivity contribution in [3.8, 4) is 0 Å². The highest BCUT2D eigenvalue weighted by atomic mass is 15.1. The summed E-state index contributed by atoms with van der Waals surface area (Å²) in [5, 5.41) is 0. The molecule has 1 aromatic heterocycles. The van der Waals surface area contributed by atoms with Crippen molar-refractivity contribution in [3.05, 3.63) is 17.7 Å². The number of hydrogen-bond donors (Lipinski definition) is 0. The summed E-state index contributed by atoms with van der Waals surface area (Å²) in [5.41, 5.74) is 2.86. The molecule has 0 spiro atoms. The quantitative estimate of drug-likeness (QED) is 0.801. The van der Waals surface area contributed by atoms with Crippen LogP contribution < -0.4 is 0 Å². The van der Waals surface area contributed by atoms with Crippen LogP contribution in [0.5, 0.6) is 0 Å². The molecule has 0 bridgehead atoms. The van der Waals surface area contributed by atoms with Crippen LogP contribution >= 0.6 is 0 Å². The number of aromatic nitrogens is 2. The highest BCUT2D eigenvalue weighted by Gasteiger charge is 2.20. The molecule has 1 fully saturated rings. The van der Waals surface area contributed by atoms with E-state index in [1.165, 1.54) is 69.5 Å². The van der Waals surface area contributed by atoms with Gasteiger partial charge in [-0.2, -0.15) is 0 Å². The van der Waals surface area contributed by atoms with Crippen LogP contribution in [-0.2, 0) is 19.5 Å². The van der Waals surface area contributed by atoms with Gasteiger partial charge in [-0.3, -0.25) is 4.90 Å². The first-order valence-electron chi connectivity index (χ1n) is 7.58.